The summed E-state index contributed by atoms with van der Waals surface area (Å²) in [5, 5.41) is 7.18. The van der Waals surface area contributed by atoms with Crippen molar-refractivity contribution in [1.82, 2.24) is 0 Å². The molecule has 1 aliphatic rings. The Hall–Kier alpha value is -1.13. The fraction of sp³-hybridized carbons (Fsp3) is 0.214. The molecule has 1 unspecified atom stereocenters. The molecule has 0 radical (unpaired) electrons. The third-order valence-electron chi connectivity index (χ3n) is 3.22. The highest BCUT2D eigenvalue weighted by Crippen LogP contribution is 2.36. The molecule has 2 nitrogen and oxygen atoms in total. The zero-order chi connectivity index (χ0) is 12.7. The average Bonchev–Trinajstić information content (AvgIpc) is 2.91. The Kier molecular flexibility index (Phi) is 2.99. The second-order valence-corrected chi connectivity index (χ2v) is 6.17. The summed E-state index contributed by atoms with van der Waals surface area (Å²) in [5.41, 5.74) is 5.85. The van der Waals surface area contributed by atoms with Gasteiger partial charge in [0.15, 0.2) is 0 Å². The van der Waals surface area contributed by atoms with Gasteiger partial charge in [-0.2, -0.15) is 11.3 Å². The molecule has 92 valence electrons. The van der Waals surface area contributed by atoms with E-state index in [2.05, 4.69) is 51.1 Å². The van der Waals surface area contributed by atoms with Crippen LogP contribution in [0.15, 0.2) is 29.0 Å². The number of rotatable bonds is 2. The number of thiophene rings is 1. The minimum atomic E-state index is 0.0833. The fourth-order valence-electron chi connectivity index (χ4n) is 2.22. The van der Waals surface area contributed by atoms with Crippen molar-refractivity contribution in [3.8, 4) is 0 Å². The van der Waals surface area contributed by atoms with Crippen molar-refractivity contribution in [2.45, 2.75) is 18.2 Å². The molecule has 0 fully saturated rings. The Bertz CT molecular complexity index is 620. The standard InChI is InChI=1S/C14H12BrNOS/c1-8-6-18-7-11(8)14(15)9-2-3-12-10(4-9)5-13(17)16-12/h2-4,6-7,14H,5H2,1H3,(H,16,17). The van der Waals surface area contributed by atoms with Gasteiger partial charge in [0.1, 0.15) is 0 Å². The molecule has 0 aliphatic carbocycles. The number of nitrogens with one attached hydrogen (secondary N) is 1. The molecule has 0 bridgehead atoms. The Morgan fingerprint density at radius 2 is 2.22 bits per heavy atom. The predicted molar refractivity (Wildman–Crippen MR) is 78.6 cm³/mol. The first kappa shape index (κ1) is 11.9. The number of fused-ring (bicyclic) bond motifs is 1. The first-order valence-corrected chi connectivity index (χ1v) is 7.60. The molecule has 18 heavy (non-hydrogen) atoms. The molecule has 1 amide bonds. The summed E-state index contributed by atoms with van der Waals surface area (Å²) in [4.78, 5) is 11.5. The molecular weight excluding hydrogens is 310 g/mol. The first-order chi connectivity index (χ1) is 8.65. The lowest BCUT2D eigenvalue weighted by Gasteiger charge is -2.11. The highest BCUT2D eigenvalue weighted by atomic mass is 79.9. The van der Waals surface area contributed by atoms with Crippen LogP contribution in [-0.2, 0) is 11.2 Å². The van der Waals surface area contributed by atoms with Crippen molar-refractivity contribution in [2.75, 3.05) is 5.32 Å². The van der Waals surface area contributed by atoms with Gasteiger partial charge in [0.2, 0.25) is 5.91 Å². The topological polar surface area (TPSA) is 29.1 Å². The highest BCUT2D eigenvalue weighted by molar-refractivity contribution is 9.09. The van der Waals surface area contributed by atoms with E-state index in [9.17, 15) is 4.79 Å². The molecule has 2 aromatic rings. The highest BCUT2D eigenvalue weighted by Gasteiger charge is 2.20. The Morgan fingerprint density at radius 3 is 2.94 bits per heavy atom. The number of benzene rings is 1. The average molecular weight is 322 g/mol. The van der Waals surface area contributed by atoms with E-state index < -0.39 is 0 Å². The molecule has 1 N–H and O–H groups in total. The van der Waals surface area contributed by atoms with Gasteiger partial charge in [-0.3, -0.25) is 4.79 Å². The lowest BCUT2D eigenvalue weighted by molar-refractivity contribution is -0.115. The predicted octanol–water partition coefficient (Wildman–Crippen LogP) is 4.04. The van der Waals surface area contributed by atoms with E-state index in [4.69, 9.17) is 0 Å². The number of alkyl halides is 1. The summed E-state index contributed by atoms with van der Waals surface area (Å²) in [5.74, 6) is 0.0833. The Balaban J connectivity index is 1.97. The van der Waals surface area contributed by atoms with Gasteiger partial charge >= 0.3 is 0 Å². The summed E-state index contributed by atoms with van der Waals surface area (Å²) in [6.45, 7) is 2.12. The van der Waals surface area contributed by atoms with E-state index in [0.717, 1.165) is 11.3 Å². The smallest absolute Gasteiger partial charge is 0.228 e. The van der Waals surface area contributed by atoms with Crippen molar-refractivity contribution in [2.24, 2.45) is 0 Å². The number of anilines is 1. The number of carbonyl (C=O) groups is 1. The number of hydrogen-bond donors (Lipinski definition) is 1. The van der Waals surface area contributed by atoms with Crippen LogP contribution >= 0.6 is 27.3 Å². The molecule has 1 aromatic heterocycles. The van der Waals surface area contributed by atoms with Crippen LogP contribution in [0.3, 0.4) is 0 Å². The quantitative estimate of drug-likeness (QED) is 0.831. The maximum absolute atomic E-state index is 11.3. The number of amides is 1. The largest absolute Gasteiger partial charge is 0.326 e. The van der Waals surface area contributed by atoms with Crippen molar-refractivity contribution in [3.63, 3.8) is 0 Å². The third-order valence-corrected chi connectivity index (χ3v) is 5.12. The summed E-state index contributed by atoms with van der Waals surface area (Å²) >= 11 is 5.47. The maximum atomic E-state index is 11.3. The van der Waals surface area contributed by atoms with E-state index >= 15 is 0 Å². The monoisotopic (exact) mass is 321 g/mol. The zero-order valence-corrected chi connectivity index (χ0v) is 12.3. The molecule has 0 saturated carbocycles. The van der Waals surface area contributed by atoms with Crippen LogP contribution in [0.25, 0.3) is 0 Å². The van der Waals surface area contributed by atoms with Crippen molar-refractivity contribution in [1.29, 1.82) is 0 Å². The van der Waals surface area contributed by atoms with Crippen LogP contribution in [-0.4, -0.2) is 5.91 Å². The van der Waals surface area contributed by atoms with Gasteiger partial charge in [-0.1, -0.05) is 28.1 Å². The molecule has 0 spiro atoms. The van der Waals surface area contributed by atoms with E-state index in [1.165, 1.54) is 16.7 Å². The van der Waals surface area contributed by atoms with Crippen LogP contribution in [0, 0.1) is 6.92 Å². The van der Waals surface area contributed by atoms with Crippen molar-refractivity contribution < 1.29 is 4.79 Å². The van der Waals surface area contributed by atoms with Gasteiger partial charge in [0, 0.05) is 5.69 Å². The number of carbonyl (C=O) groups excluding carboxylic acids is 1. The normalized spacial score (nSPS) is 15.3. The summed E-state index contributed by atoms with van der Waals surface area (Å²) in [7, 11) is 0. The van der Waals surface area contributed by atoms with Gasteiger partial charge in [-0.25, -0.2) is 0 Å². The molecule has 1 aliphatic heterocycles. The molecule has 1 aromatic carbocycles. The Labute approximate surface area is 118 Å². The van der Waals surface area contributed by atoms with E-state index in [1.807, 2.05) is 6.07 Å². The summed E-state index contributed by atoms with van der Waals surface area (Å²) < 4.78 is 0. The van der Waals surface area contributed by atoms with Crippen LogP contribution in [0.1, 0.15) is 27.1 Å². The van der Waals surface area contributed by atoms with Gasteiger partial charge in [-0.15, -0.1) is 0 Å². The number of halogens is 1. The van der Waals surface area contributed by atoms with Crippen LogP contribution in [0.5, 0.6) is 0 Å². The number of hydrogen-bond acceptors (Lipinski definition) is 2. The lowest BCUT2D eigenvalue weighted by Crippen LogP contribution is -2.03. The van der Waals surface area contributed by atoms with Crippen LogP contribution in [0.4, 0.5) is 5.69 Å². The van der Waals surface area contributed by atoms with Crippen molar-refractivity contribution >= 4 is 38.9 Å². The van der Waals surface area contributed by atoms with E-state index in [0.29, 0.717) is 6.42 Å². The summed E-state index contributed by atoms with van der Waals surface area (Å²) in [6, 6.07) is 6.18. The molecule has 4 heteroatoms. The first-order valence-electron chi connectivity index (χ1n) is 5.74. The second-order valence-electron chi connectivity index (χ2n) is 4.51. The molecule has 2 heterocycles. The van der Waals surface area contributed by atoms with E-state index in [-0.39, 0.29) is 10.7 Å². The van der Waals surface area contributed by atoms with E-state index in [1.54, 1.807) is 11.3 Å². The maximum Gasteiger partial charge on any atom is 0.228 e. The number of aryl methyl sites for hydroxylation is 1. The van der Waals surface area contributed by atoms with Gasteiger partial charge in [0.05, 0.1) is 11.2 Å². The minimum Gasteiger partial charge on any atom is -0.326 e. The SMILES string of the molecule is Cc1cscc1C(Br)c1ccc2c(c1)CC(=O)N2. The van der Waals surface area contributed by atoms with Crippen LogP contribution in [0.2, 0.25) is 0 Å². The van der Waals surface area contributed by atoms with Gasteiger partial charge in [-0.05, 0) is 46.0 Å². The molecule has 3 rings (SSSR count). The molecule has 0 saturated heterocycles. The minimum absolute atomic E-state index is 0.0833. The summed E-state index contributed by atoms with van der Waals surface area (Å²) in [6.07, 6.45) is 0.492. The molecule has 1 atom stereocenters. The zero-order valence-electron chi connectivity index (χ0n) is 9.87. The Morgan fingerprint density at radius 1 is 1.39 bits per heavy atom. The van der Waals surface area contributed by atoms with Gasteiger partial charge < -0.3 is 5.32 Å². The second kappa shape index (κ2) is 4.52. The van der Waals surface area contributed by atoms with Gasteiger partial charge in [0.25, 0.3) is 0 Å². The molecular formula is C14H12BrNOS. The van der Waals surface area contributed by atoms with Crippen LogP contribution < -0.4 is 5.32 Å². The third kappa shape index (κ3) is 1.99. The van der Waals surface area contributed by atoms with Crippen molar-refractivity contribution in [3.05, 3.63) is 51.2 Å². The lowest BCUT2D eigenvalue weighted by atomic mass is 10.0. The fourth-order valence-corrected chi connectivity index (χ4v) is 4.05.